The number of rotatable bonds is 6. The van der Waals surface area contributed by atoms with Crippen molar-refractivity contribution in [3.05, 3.63) is 0 Å². The topological polar surface area (TPSA) is 166 Å². The van der Waals surface area contributed by atoms with Crippen LogP contribution < -0.4 is 28.0 Å². The van der Waals surface area contributed by atoms with Crippen molar-refractivity contribution >= 4 is 17.3 Å². The quantitative estimate of drug-likeness (QED) is 0.432. The Morgan fingerprint density at radius 1 is 0.615 bits per heavy atom. The molecule has 9 nitrogen and oxygen atoms in total. The zero-order valence-corrected chi connectivity index (χ0v) is 10.1. The van der Waals surface area contributed by atoms with E-state index in [1.807, 2.05) is 0 Å². The fraction of sp³-hybridized carbons (Fsp3) is 0. The molecule has 78 valence electrons. The Balaban J connectivity index is 3.87. The van der Waals surface area contributed by atoms with Gasteiger partial charge in [0.25, 0.3) is 0 Å². The van der Waals surface area contributed by atoms with Crippen LogP contribution in [0.25, 0.3) is 0 Å². The second kappa shape index (κ2) is 7.44. The molecule has 0 spiro atoms. The van der Waals surface area contributed by atoms with Crippen LogP contribution in [0.4, 0.5) is 0 Å². The van der Waals surface area contributed by atoms with Crippen molar-refractivity contribution in [2.45, 2.75) is 0 Å². The number of hydrogen-bond acceptors (Lipinski definition) is 9. The maximum absolute atomic E-state index is 9.79. The van der Waals surface area contributed by atoms with E-state index in [-0.39, 0.29) is 0 Å². The molecule has 0 bridgehead atoms. The van der Waals surface area contributed by atoms with Gasteiger partial charge in [0.15, 0.2) is 0 Å². The summed E-state index contributed by atoms with van der Waals surface area (Å²) in [6.07, 6.45) is 0. The maximum atomic E-state index is 9.79. The Morgan fingerprint density at radius 3 is 1.00 bits per heavy atom. The van der Waals surface area contributed by atoms with Crippen LogP contribution in [0.3, 0.4) is 0 Å². The van der Waals surface area contributed by atoms with Gasteiger partial charge in [0, 0.05) is 0 Å². The first-order valence-corrected chi connectivity index (χ1v) is 7.84. The summed E-state index contributed by atoms with van der Waals surface area (Å²) in [7, 11) is -8.34. The number of halogens is 3. The summed E-state index contributed by atoms with van der Waals surface area (Å²) < 4.78 is 69.8. The molecule has 0 fully saturated rings. The average molecular weight is 320 g/mol. The van der Waals surface area contributed by atoms with Crippen molar-refractivity contribution in [2.75, 3.05) is 0 Å². The van der Waals surface area contributed by atoms with Gasteiger partial charge in [0.1, 0.15) is 0 Å². The molecule has 0 aromatic carbocycles. The van der Waals surface area contributed by atoms with Crippen LogP contribution in [0.5, 0.6) is 0 Å². The van der Waals surface area contributed by atoms with Gasteiger partial charge in [-0.1, -0.05) is 0 Å². The summed E-state index contributed by atoms with van der Waals surface area (Å²) in [5, 5.41) is 0. The third-order valence-corrected chi connectivity index (χ3v) is 6.80. The van der Waals surface area contributed by atoms with Gasteiger partial charge >= 0.3 is 86.9 Å². The van der Waals surface area contributed by atoms with E-state index in [0.717, 1.165) is 0 Å². The Kier molecular flexibility index (Phi) is 8.10. The summed E-state index contributed by atoms with van der Waals surface area (Å²) in [6.45, 7) is 0. The third-order valence-electron chi connectivity index (χ3n) is 0.436. The molecule has 13 heteroatoms. The van der Waals surface area contributed by atoms with Crippen LogP contribution in [-0.2, 0) is 9.25 Å². The molecule has 0 saturated heterocycles. The van der Waals surface area contributed by atoms with E-state index in [0.29, 0.717) is 0 Å². The van der Waals surface area contributed by atoms with Gasteiger partial charge in [-0.3, -0.25) is 0 Å². The van der Waals surface area contributed by atoms with Crippen LogP contribution in [0.1, 0.15) is 0 Å². The second-order valence-electron chi connectivity index (χ2n) is 1.12. The predicted molar refractivity (Wildman–Crippen MR) is 9.01 cm³/mol. The van der Waals surface area contributed by atoms with E-state index >= 15 is 0 Å². The molecule has 0 heterocycles. The van der Waals surface area contributed by atoms with Gasteiger partial charge in [0.05, 0.1) is 0 Å². The van der Waals surface area contributed by atoms with Crippen molar-refractivity contribution in [1.29, 1.82) is 0 Å². The molecule has 0 aliphatic carbocycles. The normalized spacial score (nSPS) is 11.8. The first-order chi connectivity index (χ1) is 5.91. The molecule has 0 aliphatic heterocycles. The summed E-state index contributed by atoms with van der Waals surface area (Å²) in [5.74, 6) is 0. The van der Waals surface area contributed by atoms with Gasteiger partial charge in [0.2, 0.25) is 0 Å². The molecular formula is Cl3GaO9. The average Bonchev–Trinajstić information content (AvgIpc) is 1.80. The van der Waals surface area contributed by atoms with Crippen molar-refractivity contribution in [2.24, 2.45) is 0 Å². The van der Waals surface area contributed by atoms with Crippen LogP contribution in [0.15, 0.2) is 0 Å². The number of hydrogen-bond donors (Lipinski definition) is 0. The Hall–Kier alpha value is 1.15. The Bertz CT molecular complexity index is 102. The molecule has 0 rings (SSSR count). The zero-order valence-electron chi connectivity index (χ0n) is 5.39. The monoisotopic (exact) mass is 318 g/mol. The molecule has 0 amide bonds. The molecule has 0 aromatic rings. The van der Waals surface area contributed by atoms with Crippen molar-refractivity contribution in [3.8, 4) is 0 Å². The zero-order chi connectivity index (χ0) is 10.4. The standard InChI is InChI=1S/3ClO3.Ga/c3*2-1(3)4;/q3*-1;+3. The predicted octanol–water partition coefficient (Wildman–Crippen LogP) is -7.72. The third kappa shape index (κ3) is 9.45. The summed E-state index contributed by atoms with van der Waals surface area (Å²) in [4.78, 5) is 0. The van der Waals surface area contributed by atoms with Crippen LogP contribution in [-0.4, -0.2) is 17.3 Å². The molecule has 0 N–H and O–H groups in total. The Morgan fingerprint density at radius 2 is 0.846 bits per heavy atom. The Labute approximate surface area is 86.9 Å². The molecule has 0 aliphatic rings. The van der Waals surface area contributed by atoms with Crippen LogP contribution in [0, 0.1) is 32.4 Å². The first kappa shape index (κ1) is 14.1. The van der Waals surface area contributed by atoms with E-state index < -0.39 is 49.7 Å². The molecule has 0 saturated carbocycles. The van der Waals surface area contributed by atoms with Gasteiger partial charge in [-0.2, -0.15) is 0 Å². The van der Waals surface area contributed by atoms with E-state index in [1.54, 1.807) is 0 Å². The van der Waals surface area contributed by atoms with E-state index in [2.05, 4.69) is 9.25 Å². The molecule has 0 atom stereocenters. The van der Waals surface area contributed by atoms with Gasteiger partial charge < -0.3 is 0 Å². The van der Waals surface area contributed by atoms with E-state index in [4.69, 9.17) is 0 Å². The van der Waals surface area contributed by atoms with E-state index in [1.165, 1.54) is 0 Å². The summed E-state index contributed by atoms with van der Waals surface area (Å²) >= 11 is -4.27. The van der Waals surface area contributed by atoms with Crippen molar-refractivity contribution in [1.82, 2.24) is 0 Å². The fourth-order valence-electron chi connectivity index (χ4n) is 0.219. The van der Waals surface area contributed by atoms with Gasteiger partial charge in [-0.15, -0.1) is 0 Å². The van der Waals surface area contributed by atoms with Crippen molar-refractivity contribution < 1.29 is 69.6 Å². The van der Waals surface area contributed by atoms with Gasteiger partial charge in [-0.05, 0) is 0 Å². The summed E-state index contributed by atoms with van der Waals surface area (Å²) in [6, 6.07) is 0. The minimum atomic E-state index is -4.27. The van der Waals surface area contributed by atoms with E-state index in [9.17, 15) is 28.0 Å². The van der Waals surface area contributed by atoms with Gasteiger partial charge in [-0.25, -0.2) is 0 Å². The molecular weight excluding hydrogens is 320 g/mol. The molecule has 0 unspecified atom stereocenters. The second-order valence-corrected chi connectivity index (χ2v) is 7.37. The molecule has 13 heavy (non-hydrogen) atoms. The first-order valence-electron chi connectivity index (χ1n) is 2.10. The SMILES string of the molecule is [O-][Cl+2]([O-])[O][Ga]([O][Cl+2]([O-])[O-])[O][Cl+2]([O-])[O-]. The van der Waals surface area contributed by atoms with Crippen molar-refractivity contribution in [3.63, 3.8) is 0 Å². The molecule has 0 radical (unpaired) electrons. The molecule has 0 aromatic heterocycles. The fourth-order valence-corrected chi connectivity index (χ4v) is 4.71. The minimum absolute atomic E-state index is 2.78. The summed E-state index contributed by atoms with van der Waals surface area (Å²) in [5.41, 5.74) is 0. The van der Waals surface area contributed by atoms with Crippen LogP contribution >= 0.6 is 0 Å². The van der Waals surface area contributed by atoms with Crippen LogP contribution in [0.2, 0.25) is 0 Å².